The van der Waals surface area contributed by atoms with Crippen molar-refractivity contribution >= 4 is 23.2 Å². The van der Waals surface area contributed by atoms with Gasteiger partial charge in [0.25, 0.3) is 0 Å². The second kappa shape index (κ2) is 2.45. The molecule has 0 aromatic carbocycles. The summed E-state index contributed by atoms with van der Waals surface area (Å²) in [6.45, 7) is 1.73. The first-order chi connectivity index (χ1) is 4.22. The van der Waals surface area contributed by atoms with Crippen LogP contribution in [-0.4, -0.2) is 15.4 Å². The first-order valence-electron chi connectivity index (χ1n) is 2.23. The number of hydrogen-bond acceptors (Lipinski definition) is 3. The van der Waals surface area contributed by atoms with E-state index in [4.69, 9.17) is 23.2 Å². The smallest absolute Gasteiger partial charge is 0.118 e. The summed E-state index contributed by atoms with van der Waals surface area (Å²) in [4.78, 5) is 0. The van der Waals surface area contributed by atoms with E-state index >= 15 is 0 Å². The number of halogens is 2. The SMILES string of the molecule is Cc1c(Cl)nnnc1Cl. The maximum atomic E-state index is 5.52. The predicted octanol–water partition coefficient (Wildman–Crippen LogP) is 1.49. The van der Waals surface area contributed by atoms with Gasteiger partial charge in [0, 0.05) is 5.56 Å². The molecule has 5 heteroatoms. The van der Waals surface area contributed by atoms with Gasteiger partial charge in [-0.1, -0.05) is 23.2 Å². The first kappa shape index (κ1) is 6.71. The molecule has 1 rings (SSSR count). The maximum Gasteiger partial charge on any atom is 0.159 e. The second-order valence-corrected chi connectivity index (χ2v) is 2.21. The lowest BCUT2D eigenvalue weighted by Gasteiger charge is -1.92. The number of nitrogens with zero attached hydrogens (tertiary/aromatic N) is 3. The molecule has 1 aromatic heterocycles. The Morgan fingerprint density at radius 2 is 1.56 bits per heavy atom. The molecule has 3 nitrogen and oxygen atoms in total. The van der Waals surface area contributed by atoms with Crippen molar-refractivity contribution in [2.45, 2.75) is 6.92 Å². The van der Waals surface area contributed by atoms with Gasteiger partial charge in [-0.2, -0.15) is 0 Å². The molecular weight excluding hydrogens is 161 g/mol. The van der Waals surface area contributed by atoms with Crippen LogP contribution in [0.5, 0.6) is 0 Å². The van der Waals surface area contributed by atoms with Crippen molar-refractivity contribution < 1.29 is 0 Å². The summed E-state index contributed by atoms with van der Waals surface area (Å²) in [6.07, 6.45) is 0. The summed E-state index contributed by atoms with van der Waals surface area (Å²) >= 11 is 11.0. The van der Waals surface area contributed by atoms with E-state index in [1.807, 2.05) is 0 Å². The first-order valence-corrected chi connectivity index (χ1v) is 2.98. The minimum absolute atomic E-state index is 0.301. The molecule has 0 aliphatic carbocycles. The molecule has 0 aliphatic rings. The highest BCUT2D eigenvalue weighted by Gasteiger charge is 2.00. The van der Waals surface area contributed by atoms with Crippen molar-refractivity contribution in [3.05, 3.63) is 15.9 Å². The number of aromatic nitrogens is 3. The van der Waals surface area contributed by atoms with Crippen LogP contribution >= 0.6 is 23.2 Å². The lowest BCUT2D eigenvalue weighted by Crippen LogP contribution is -1.91. The Labute approximate surface area is 62.0 Å². The molecule has 1 heterocycles. The molecule has 0 saturated carbocycles. The van der Waals surface area contributed by atoms with Crippen LogP contribution in [0, 0.1) is 6.92 Å². The second-order valence-electron chi connectivity index (χ2n) is 1.50. The van der Waals surface area contributed by atoms with Crippen molar-refractivity contribution in [3.8, 4) is 0 Å². The summed E-state index contributed by atoms with van der Waals surface area (Å²) in [5.74, 6) is 0. The lowest BCUT2D eigenvalue weighted by molar-refractivity contribution is 0.855. The molecule has 0 aliphatic heterocycles. The van der Waals surface area contributed by atoms with Gasteiger partial charge in [-0.15, -0.1) is 10.2 Å². The van der Waals surface area contributed by atoms with E-state index in [2.05, 4.69) is 15.4 Å². The summed E-state index contributed by atoms with van der Waals surface area (Å²) in [5, 5.41) is 10.8. The Balaban J connectivity index is 3.25. The minimum atomic E-state index is 0.301. The Morgan fingerprint density at radius 1 is 1.11 bits per heavy atom. The molecule has 0 bridgehead atoms. The molecule has 9 heavy (non-hydrogen) atoms. The van der Waals surface area contributed by atoms with Crippen LogP contribution in [-0.2, 0) is 0 Å². The van der Waals surface area contributed by atoms with Gasteiger partial charge in [-0.3, -0.25) is 0 Å². The predicted molar refractivity (Wildman–Crippen MR) is 34.6 cm³/mol. The summed E-state index contributed by atoms with van der Waals surface area (Å²) < 4.78 is 0. The van der Waals surface area contributed by atoms with Crippen molar-refractivity contribution in [3.63, 3.8) is 0 Å². The molecule has 1 aromatic rings. The Kier molecular flexibility index (Phi) is 1.83. The van der Waals surface area contributed by atoms with E-state index in [1.165, 1.54) is 0 Å². The van der Waals surface area contributed by atoms with Gasteiger partial charge >= 0.3 is 0 Å². The van der Waals surface area contributed by atoms with Gasteiger partial charge in [0.2, 0.25) is 0 Å². The van der Waals surface area contributed by atoms with Crippen LogP contribution < -0.4 is 0 Å². The fraction of sp³-hybridized carbons (Fsp3) is 0.250. The average molecular weight is 164 g/mol. The van der Waals surface area contributed by atoms with Crippen molar-refractivity contribution in [1.82, 2.24) is 15.4 Å². The maximum absolute atomic E-state index is 5.52. The quantitative estimate of drug-likeness (QED) is 0.582. The van der Waals surface area contributed by atoms with Crippen LogP contribution in [0.3, 0.4) is 0 Å². The molecule has 0 saturated heterocycles. The fourth-order valence-electron chi connectivity index (χ4n) is 0.336. The van der Waals surface area contributed by atoms with E-state index in [9.17, 15) is 0 Å². The van der Waals surface area contributed by atoms with Crippen LogP contribution in [0.15, 0.2) is 0 Å². The van der Waals surface area contributed by atoms with Gasteiger partial charge in [0.1, 0.15) is 0 Å². The van der Waals surface area contributed by atoms with Crippen molar-refractivity contribution in [2.24, 2.45) is 0 Å². The monoisotopic (exact) mass is 163 g/mol. The van der Waals surface area contributed by atoms with Gasteiger partial charge in [0.15, 0.2) is 10.3 Å². The van der Waals surface area contributed by atoms with Gasteiger partial charge in [-0.25, -0.2) is 0 Å². The third-order valence-electron chi connectivity index (χ3n) is 0.884. The molecule has 0 amide bonds. The number of hydrogen-bond donors (Lipinski definition) is 0. The van der Waals surface area contributed by atoms with Crippen molar-refractivity contribution in [1.29, 1.82) is 0 Å². The topological polar surface area (TPSA) is 38.7 Å². The third-order valence-corrected chi connectivity index (χ3v) is 1.60. The Bertz CT molecular complexity index is 205. The van der Waals surface area contributed by atoms with Crippen LogP contribution in [0.2, 0.25) is 10.3 Å². The van der Waals surface area contributed by atoms with Crippen LogP contribution in [0.25, 0.3) is 0 Å². The molecule has 0 unspecified atom stereocenters. The van der Waals surface area contributed by atoms with E-state index in [0.29, 0.717) is 15.9 Å². The molecule has 0 radical (unpaired) electrons. The molecular formula is C4H3Cl2N3. The number of rotatable bonds is 0. The Morgan fingerprint density at radius 3 is 1.89 bits per heavy atom. The fourth-order valence-corrected chi connectivity index (χ4v) is 0.631. The third kappa shape index (κ3) is 1.28. The highest BCUT2D eigenvalue weighted by atomic mass is 35.5. The molecule has 48 valence electrons. The zero-order valence-corrected chi connectivity index (χ0v) is 6.11. The summed E-state index contributed by atoms with van der Waals surface area (Å²) in [5.41, 5.74) is 0.660. The Hall–Kier alpha value is -0.410. The molecule has 0 spiro atoms. The highest BCUT2D eigenvalue weighted by molar-refractivity contribution is 6.34. The van der Waals surface area contributed by atoms with E-state index in [1.54, 1.807) is 6.92 Å². The van der Waals surface area contributed by atoms with Gasteiger partial charge < -0.3 is 0 Å². The van der Waals surface area contributed by atoms with Crippen LogP contribution in [0.4, 0.5) is 0 Å². The lowest BCUT2D eigenvalue weighted by atomic mass is 10.4. The largest absolute Gasteiger partial charge is 0.159 e. The van der Waals surface area contributed by atoms with Gasteiger partial charge in [-0.05, 0) is 12.1 Å². The van der Waals surface area contributed by atoms with E-state index < -0.39 is 0 Å². The van der Waals surface area contributed by atoms with Gasteiger partial charge in [0.05, 0.1) is 0 Å². The zero-order chi connectivity index (χ0) is 6.85. The minimum Gasteiger partial charge on any atom is -0.118 e. The molecule has 0 fully saturated rings. The van der Waals surface area contributed by atoms with E-state index in [-0.39, 0.29) is 0 Å². The molecule has 0 atom stereocenters. The molecule has 0 N–H and O–H groups in total. The normalized spacial score (nSPS) is 9.67. The zero-order valence-electron chi connectivity index (χ0n) is 4.60. The summed E-state index contributed by atoms with van der Waals surface area (Å²) in [6, 6.07) is 0. The standard InChI is InChI=1S/C4H3Cl2N3/c1-2-3(5)7-9-8-4(2)6/h1H3. The van der Waals surface area contributed by atoms with Crippen molar-refractivity contribution in [2.75, 3.05) is 0 Å². The summed E-state index contributed by atoms with van der Waals surface area (Å²) in [7, 11) is 0. The highest BCUT2D eigenvalue weighted by Crippen LogP contribution is 2.15. The average Bonchev–Trinajstić information content (AvgIpc) is 1.83. The van der Waals surface area contributed by atoms with Crippen LogP contribution in [0.1, 0.15) is 5.56 Å². The van der Waals surface area contributed by atoms with E-state index in [0.717, 1.165) is 0 Å².